The Morgan fingerprint density at radius 3 is 2.96 bits per heavy atom. The number of quaternary nitrogens is 1. The van der Waals surface area contributed by atoms with Crippen molar-refractivity contribution in [3.05, 3.63) is 22.1 Å². The Hall–Kier alpha value is -2.06. The van der Waals surface area contributed by atoms with Crippen LogP contribution in [-0.4, -0.2) is 52.7 Å². The molecule has 2 N–H and O–H groups in total. The van der Waals surface area contributed by atoms with Crippen LogP contribution in [0, 0.1) is 6.92 Å². The van der Waals surface area contributed by atoms with Crippen LogP contribution in [0.1, 0.15) is 52.6 Å². The lowest BCUT2D eigenvalue weighted by Gasteiger charge is -2.18. The number of thiophene rings is 1. The lowest BCUT2D eigenvalue weighted by Crippen LogP contribution is -3.06. The summed E-state index contributed by atoms with van der Waals surface area (Å²) in [5, 5.41) is 8.44. The van der Waals surface area contributed by atoms with Gasteiger partial charge in [-0.25, -0.2) is 9.97 Å². The van der Waals surface area contributed by atoms with Gasteiger partial charge >= 0.3 is 0 Å². The predicted octanol–water partition coefficient (Wildman–Crippen LogP) is 0.962. The van der Waals surface area contributed by atoms with Gasteiger partial charge < -0.3 is 10.2 Å². The average molecular weight is 374 g/mol. The minimum Gasteiger partial charge on any atom is -0.344 e. The zero-order valence-corrected chi connectivity index (χ0v) is 16.5. The summed E-state index contributed by atoms with van der Waals surface area (Å²) in [6.45, 7) is 5.65. The summed E-state index contributed by atoms with van der Waals surface area (Å²) < 4.78 is 1.72. The lowest BCUT2D eigenvalue weighted by atomic mass is 9.87. The van der Waals surface area contributed by atoms with Crippen LogP contribution in [0.3, 0.4) is 0 Å². The van der Waals surface area contributed by atoms with Gasteiger partial charge in [-0.1, -0.05) is 6.92 Å². The van der Waals surface area contributed by atoms with Gasteiger partial charge in [0.05, 0.1) is 32.6 Å². The first-order chi connectivity index (χ1) is 12.5. The predicted molar refractivity (Wildman–Crippen MR) is 102 cm³/mol. The maximum absolute atomic E-state index is 12.5. The first-order valence-corrected chi connectivity index (χ1v) is 10.0. The van der Waals surface area contributed by atoms with E-state index in [-0.39, 0.29) is 11.7 Å². The zero-order chi connectivity index (χ0) is 18.4. The largest absolute Gasteiger partial charge is 0.344 e. The molecule has 4 rings (SSSR count). The molecule has 0 aromatic carbocycles. The fraction of sp³-hybridized carbons (Fsp3) is 0.556. The third-order valence-corrected chi connectivity index (χ3v) is 6.21. The number of rotatable bonds is 4. The first kappa shape index (κ1) is 17.4. The normalized spacial score (nSPS) is 17.2. The molecule has 0 spiro atoms. The molecule has 1 aliphatic carbocycles. The van der Waals surface area contributed by atoms with Crippen LogP contribution in [-0.2, 0) is 6.42 Å². The number of nitrogens with zero attached hydrogens (tertiary/aromatic N) is 4. The van der Waals surface area contributed by atoms with E-state index in [0.717, 1.165) is 34.7 Å². The van der Waals surface area contributed by atoms with Gasteiger partial charge in [-0.05, 0) is 37.7 Å². The fourth-order valence-electron chi connectivity index (χ4n) is 3.69. The number of hydrogen-bond acceptors (Lipinski definition) is 5. The number of likely N-dealkylation sites (N-methyl/N-ethyl adjacent to an activating group) is 1. The third-order valence-electron chi connectivity index (χ3n) is 5.05. The van der Waals surface area contributed by atoms with Crippen molar-refractivity contribution in [2.45, 2.75) is 39.0 Å². The summed E-state index contributed by atoms with van der Waals surface area (Å²) >= 11 is 1.77. The highest BCUT2D eigenvalue weighted by Gasteiger charge is 2.26. The summed E-state index contributed by atoms with van der Waals surface area (Å²) in [6, 6.07) is 0. The van der Waals surface area contributed by atoms with Crippen LogP contribution in [0.25, 0.3) is 15.9 Å². The monoisotopic (exact) mass is 373 g/mol. The Labute approximate surface area is 156 Å². The molecule has 0 bridgehead atoms. The van der Waals surface area contributed by atoms with Gasteiger partial charge in [0.2, 0.25) is 5.82 Å². The summed E-state index contributed by atoms with van der Waals surface area (Å²) in [5.41, 5.74) is 2.13. The molecule has 0 unspecified atom stereocenters. The smallest absolute Gasteiger partial charge is 0.291 e. The van der Waals surface area contributed by atoms with Crippen molar-refractivity contribution >= 4 is 33.1 Å². The minimum absolute atomic E-state index is 0.222. The molecule has 8 heteroatoms. The van der Waals surface area contributed by atoms with Crippen LogP contribution in [0.5, 0.6) is 0 Å². The Morgan fingerprint density at radius 1 is 1.38 bits per heavy atom. The van der Waals surface area contributed by atoms with Crippen molar-refractivity contribution in [2.24, 2.45) is 0 Å². The molecule has 3 heterocycles. The standard InChI is InChI=1S/C18H24N6OS/c1-10-6-5-7-12-13(10)14-16-21-15(17(25)19-8-9-23(3)4)22-24(16)11(2)20-18(14)26-12/h10H,5-9H2,1-4H3,(H,19,25)/p+1/t10-/m0/s1. The van der Waals surface area contributed by atoms with Crippen molar-refractivity contribution in [1.29, 1.82) is 0 Å². The van der Waals surface area contributed by atoms with E-state index < -0.39 is 0 Å². The molecule has 26 heavy (non-hydrogen) atoms. The molecule has 7 nitrogen and oxygen atoms in total. The molecule has 3 aromatic heterocycles. The quantitative estimate of drug-likeness (QED) is 0.714. The van der Waals surface area contributed by atoms with Crippen LogP contribution in [0.15, 0.2) is 0 Å². The molecule has 3 aromatic rings. The number of aromatic nitrogens is 4. The molecule has 0 fully saturated rings. The number of hydrogen-bond donors (Lipinski definition) is 2. The van der Waals surface area contributed by atoms with Gasteiger partial charge in [-0.3, -0.25) is 4.79 Å². The highest BCUT2D eigenvalue weighted by Crippen LogP contribution is 2.42. The van der Waals surface area contributed by atoms with E-state index in [1.54, 1.807) is 15.9 Å². The van der Waals surface area contributed by atoms with Crippen molar-refractivity contribution < 1.29 is 9.69 Å². The van der Waals surface area contributed by atoms with E-state index in [1.165, 1.54) is 28.2 Å². The maximum Gasteiger partial charge on any atom is 0.291 e. The molecule has 0 aliphatic heterocycles. The number of fused-ring (bicyclic) bond motifs is 5. The number of carbonyl (C=O) groups excluding carboxylic acids is 1. The number of nitrogens with one attached hydrogen (secondary N) is 2. The second kappa shape index (κ2) is 6.59. The number of carbonyl (C=O) groups is 1. The van der Waals surface area contributed by atoms with Gasteiger partial charge in [-0.15, -0.1) is 16.4 Å². The summed E-state index contributed by atoms with van der Waals surface area (Å²) in [5.74, 6) is 1.26. The van der Waals surface area contributed by atoms with E-state index in [0.29, 0.717) is 12.5 Å². The van der Waals surface area contributed by atoms with Crippen molar-refractivity contribution in [3.63, 3.8) is 0 Å². The molecule has 1 amide bonds. The Bertz CT molecular complexity index is 989. The highest BCUT2D eigenvalue weighted by molar-refractivity contribution is 7.19. The van der Waals surface area contributed by atoms with E-state index in [1.807, 2.05) is 6.92 Å². The van der Waals surface area contributed by atoms with Gasteiger partial charge in [0, 0.05) is 4.88 Å². The lowest BCUT2D eigenvalue weighted by molar-refractivity contribution is -0.856. The van der Waals surface area contributed by atoms with Crippen molar-refractivity contribution in [3.8, 4) is 0 Å². The average Bonchev–Trinajstić information content (AvgIpc) is 3.16. The molecule has 1 atom stereocenters. The van der Waals surface area contributed by atoms with E-state index in [2.05, 4.69) is 36.4 Å². The maximum atomic E-state index is 12.5. The molecule has 0 radical (unpaired) electrons. The number of aryl methyl sites for hydroxylation is 2. The molecule has 138 valence electrons. The molecule has 1 aliphatic rings. The second-order valence-corrected chi connectivity index (χ2v) is 8.54. The first-order valence-electron chi connectivity index (χ1n) is 9.21. The van der Waals surface area contributed by atoms with Crippen LogP contribution >= 0.6 is 11.3 Å². The fourth-order valence-corrected chi connectivity index (χ4v) is 5.06. The molecule has 0 saturated carbocycles. The van der Waals surface area contributed by atoms with Gasteiger partial charge in [-0.2, -0.15) is 4.52 Å². The zero-order valence-electron chi connectivity index (χ0n) is 15.7. The Kier molecular flexibility index (Phi) is 4.40. The summed E-state index contributed by atoms with van der Waals surface area (Å²) in [6.07, 6.45) is 3.53. The summed E-state index contributed by atoms with van der Waals surface area (Å²) in [7, 11) is 4.12. The van der Waals surface area contributed by atoms with E-state index >= 15 is 0 Å². The highest BCUT2D eigenvalue weighted by atomic mass is 32.1. The van der Waals surface area contributed by atoms with Gasteiger partial charge in [0.15, 0.2) is 5.65 Å². The number of amides is 1. The third kappa shape index (κ3) is 2.87. The SMILES string of the molecule is Cc1nc2sc3c(c2c2nc(C(=O)NCC[NH+](C)C)nn12)[C@@H](C)CCC3. The van der Waals surface area contributed by atoms with Gasteiger partial charge in [0.25, 0.3) is 5.91 Å². The molecule has 0 saturated heterocycles. The molecular weight excluding hydrogens is 348 g/mol. The molecular formula is C18H25N6OS+. The van der Waals surface area contributed by atoms with Crippen LogP contribution in [0.2, 0.25) is 0 Å². The minimum atomic E-state index is -0.223. The van der Waals surface area contributed by atoms with E-state index in [4.69, 9.17) is 4.98 Å². The van der Waals surface area contributed by atoms with Crippen molar-refractivity contribution in [2.75, 3.05) is 27.2 Å². The van der Waals surface area contributed by atoms with Crippen LogP contribution in [0.4, 0.5) is 0 Å². The Morgan fingerprint density at radius 2 is 2.19 bits per heavy atom. The van der Waals surface area contributed by atoms with E-state index in [9.17, 15) is 4.79 Å². The topological polar surface area (TPSA) is 76.6 Å². The second-order valence-electron chi connectivity index (χ2n) is 7.46. The van der Waals surface area contributed by atoms with Crippen molar-refractivity contribution in [1.82, 2.24) is 24.9 Å². The van der Waals surface area contributed by atoms with Gasteiger partial charge in [0.1, 0.15) is 10.7 Å². The summed E-state index contributed by atoms with van der Waals surface area (Å²) in [4.78, 5) is 25.5. The Balaban J connectivity index is 1.79. The van der Waals surface area contributed by atoms with Crippen LogP contribution < -0.4 is 10.2 Å².